The Morgan fingerprint density at radius 2 is 1.17 bits per heavy atom. The Balaban J connectivity index is 0.838. The van der Waals surface area contributed by atoms with Gasteiger partial charge in [0.25, 0.3) is 0 Å². The molecule has 0 heteroatoms. The Labute approximate surface area is 410 Å². The van der Waals surface area contributed by atoms with E-state index in [0.717, 1.165) is 57.8 Å². The molecule has 0 radical (unpaired) electrons. The Hall–Kier alpha value is -6.50. The monoisotopic (exact) mass is 890 g/mol. The van der Waals surface area contributed by atoms with Gasteiger partial charge >= 0.3 is 0 Å². The first kappa shape index (κ1) is 41.5. The van der Waals surface area contributed by atoms with Crippen LogP contribution in [0.4, 0.5) is 0 Å². The lowest BCUT2D eigenvalue weighted by molar-refractivity contribution is 0.555. The van der Waals surface area contributed by atoms with Gasteiger partial charge in [-0.25, -0.2) is 0 Å². The van der Waals surface area contributed by atoms with Gasteiger partial charge < -0.3 is 0 Å². The molecule has 4 unspecified atom stereocenters. The first-order valence-corrected chi connectivity index (χ1v) is 26.4. The quantitative estimate of drug-likeness (QED) is 0.159. The number of rotatable bonds is 6. The molecular weight excluding hydrogens is 829 g/mol. The highest BCUT2D eigenvalue weighted by Crippen LogP contribution is 2.65. The van der Waals surface area contributed by atoms with Crippen LogP contribution in [-0.2, 0) is 17.3 Å². The third kappa shape index (κ3) is 6.00. The molecule has 338 valence electrons. The lowest BCUT2D eigenvalue weighted by Crippen LogP contribution is -2.29. The molecule has 0 saturated carbocycles. The average Bonchev–Trinajstić information content (AvgIpc) is 4.17. The summed E-state index contributed by atoms with van der Waals surface area (Å²) in [6, 6.07) is 43.1. The molecular formula is C69H62. The fourth-order valence-corrected chi connectivity index (χ4v) is 15.0. The standard InChI is InChI=1S/C69H62/c1-42-43(2)60-39-49(61(37-44-25-27-46(28-26-44)45-15-5-6-16-45)50-32-36-57-53-17-7-11-21-62(53)68(3,4)66(57)41-50)31-34-52(60)51-33-29-47(38-59(42)51)48-30-35-58-56-20-10-14-24-65(56)69(67(58)40-48)63-22-12-8-18-54(63)55-19-9-13-23-64(55)69/h5-8,11-15,17-18,21-28,31-32,34,36,38-43,61H,9-10,16,19-20,29-30,33,35,37H2,1-4H3. The van der Waals surface area contributed by atoms with E-state index < -0.39 is 0 Å². The first-order valence-electron chi connectivity index (χ1n) is 26.4. The molecule has 69 heavy (non-hydrogen) atoms. The molecule has 5 aromatic rings. The molecule has 0 aliphatic heterocycles. The van der Waals surface area contributed by atoms with Crippen molar-refractivity contribution >= 4 is 16.7 Å². The van der Waals surface area contributed by atoms with Crippen molar-refractivity contribution in [3.63, 3.8) is 0 Å². The number of fused-ring (bicyclic) bond motifs is 12. The van der Waals surface area contributed by atoms with Gasteiger partial charge in [-0.3, -0.25) is 0 Å². The summed E-state index contributed by atoms with van der Waals surface area (Å²) in [6.07, 6.45) is 33.2. The molecule has 0 bridgehead atoms. The van der Waals surface area contributed by atoms with Crippen molar-refractivity contribution in [2.75, 3.05) is 0 Å². The summed E-state index contributed by atoms with van der Waals surface area (Å²) in [7, 11) is 0. The van der Waals surface area contributed by atoms with Crippen LogP contribution in [0.2, 0.25) is 0 Å². The fraction of sp³-hybridized carbons (Fsp3) is 0.275. The molecule has 0 saturated heterocycles. The number of benzene rings is 5. The third-order valence-corrected chi connectivity index (χ3v) is 18.7. The summed E-state index contributed by atoms with van der Waals surface area (Å²) < 4.78 is 0. The van der Waals surface area contributed by atoms with Crippen molar-refractivity contribution in [1.82, 2.24) is 0 Å². The zero-order valence-corrected chi connectivity index (χ0v) is 40.9. The normalized spacial score (nSPS) is 24.6. The third-order valence-electron chi connectivity index (χ3n) is 18.7. The summed E-state index contributed by atoms with van der Waals surface area (Å²) in [6.45, 7) is 9.87. The van der Waals surface area contributed by atoms with Crippen molar-refractivity contribution in [3.05, 3.63) is 264 Å². The van der Waals surface area contributed by atoms with Crippen LogP contribution in [-0.4, -0.2) is 0 Å². The van der Waals surface area contributed by atoms with Gasteiger partial charge in [-0.2, -0.15) is 0 Å². The van der Waals surface area contributed by atoms with Gasteiger partial charge in [-0.05, 0) is 204 Å². The molecule has 5 aromatic carbocycles. The lowest BCUT2D eigenvalue weighted by Gasteiger charge is -2.38. The predicted octanol–water partition coefficient (Wildman–Crippen LogP) is 17.7. The van der Waals surface area contributed by atoms with Crippen LogP contribution in [0.1, 0.15) is 153 Å². The molecule has 0 amide bonds. The van der Waals surface area contributed by atoms with E-state index in [4.69, 9.17) is 0 Å². The molecule has 9 aliphatic rings. The van der Waals surface area contributed by atoms with Crippen LogP contribution in [0.25, 0.3) is 27.8 Å². The minimum Gasteiger partial charge on any atom is -0.0839 e. The van der Waals surface area contributed by atoms with E-state index in [1.54, 1.807) is 61.3 Å². The topological polar surface area (TPSA) is 0 Å². The van der Waals surface area contributed by atoms with Gasteiger partial charge in [-0.1, -0.05) is 192 Å². The van der Waals surface area contributed by atoms with E-state index in [9.17, 15) is 0 Å². The van der Waals surface area contributed by atoms with Crippen molar-refractivity contribution in [3.8, 4) is 11.1 Å². The number of hydrogen-bond acceptors (Lipinski definition) is 0. The maximum atomic E-state index is 2.73. The van der Waals surface area contributed by atoms with Crippen LogP contribution in [0.15, 0.2) is 208 Å². The van der Waals surface area contributed by atoms with Crippen LogP contribution in [0, 0.1) is 5.92 Å². The summed E-state index contributed by atoms with van der Waals surface area (Å²) in [5.41, 5.74) is 34.5. The molecule has 0 heterocycles. The van der Waals surface area contributed by atoms with E-state index in [-0.39, 0.29) is 16.7 Å². The Kier molecular flexibility index (Phi) is 9.32. The van der Waals surface area contributed by atoms with Gasteiger partial charge in [0.2, 0.25) is 0 Å². The molecule has 0 aromatic heterocycles. The summed E-state index contributed by atoms with van der Waals surface area (Å²) in [4.78, 5) is 0. The highest BCUT2D eigenvalue weighted by atomic mass is 14.6. The first-order chi connectivity index (χ1) is 33.8. The maximum Gasteiger partial charge on any atom is 0.0715 e. The van der Waals surface area contributed by atoms with Crippen molar-refractivity contribution in [1.29, 1.82) is 0 Å². The Morgan fingerprint density at radius 3 is 1.96 bits per heavy atom. The fourth-order valence-electron chi connectivity index (χ4n) is 15.0. The van der Waals surface area contributed by atoms with E-state index in [0.29, 0.717) is 11.8 Å². The van der Waals surface area contributed by atoms with E-state index in [2.05, 4.69) is 192 Å². The zero-order valence-electron chi connectivity index (χ0n) is 40.9. The van der Waals surface area contributed by atoms with E-state index >= 15 is 0 Å². The molecule has 1 spiro atoms. The molecule has 0 N–H and O–H groups in total. The highest BCUT2D eigenvalue weighted by molar-refractivity contribution is 5.92. The number of allylic oxidation sites excluding steroid dienone is 20. The van der Waals surface area contributed by atoms with Gasteiger partial charge in [0.05, 0.1) is 5.41 Å². The minimum atomic E-state index is -0.174. The second-order valence-corrected chi connectivity index (χ2v) is 22.3. The van der Waals surface area contributed by atoms with Crippen LogP contribution >= 0.6 is 0 Å². The SMILES string of the molecule is CC1C2=C(CCC(C3=CC4=C(CC3)C3=C(C=CCC3)C43C4=C(CCC=C4)c4ccccc43)=C2)c2ccc(C(Cc3ccc(C4=CC=CC4)cc3)c3ccc4c(c3)C(C)(C)c3ccccc3-4)cc2C1C. The lowest BCUT2D eigenvalue weighted by atomic mass is 9.65. The maximum absolute atomic E-state index is 2.73. The van der Waals surface area contributed by atoms with Crippen molar-refractivity contribution in [2.24, 2.45) is 5.92 Å². The minimum absolute atomic E-state index is 0.0396. The zero-order chi connectivity index (χ0) is 46.2. The van der Waals surface area contributed by atoms with Crippen molar-refractivity contribution in [2.45, 2.75) is 115 Å². The van der Waals surface area contributed by atoms with Crippen LogP contribution in [0.3, 0.4) is 0 Å². The molecule has 0 fully saturated rings. The van der Waals surface area contributed by atoms with Gasteiger partial charge in [0, 0.05) is 11.3 Å². The smallest absolute Gasteiger partial charge is 0.0715 e. The second kappa shape index (κ2) is 15.5. The van der Waals surface area contributed by atoms with Gasteiger partial charge in [-0.15, -0.1) is 0 Å². The molecule has 14 rings (SSSR count). The predicted molar refractivity (Wildman–Crippen MR) is 289 cm³/mol. The number of hydrogen-bond donors (Lipinski definition) is 0. The van der Waals surface area contributed by atoms with Gasteiger partial charge in [0.1, 0.15) is 0 Å². The summed E-state index contributed by atoms with van der Waals surface area (Å²) >= 11 is 0. The van der Waals surface area contributed by atoms with Crippen molar-refractivity contribution < 1.29 is 0 Å². The van der Waals surface area contributed by atoms with Gasteiger partial charge in [0.15, 0.2) is 0 Å². The molecule has 0 nitrogen and oxygen atoms in total. The van der Waals surface area contributed by atoms with E-state index in [1.807, 2.05) is 0 Å². The largest absolute Gasteiger partial charge is 0.0839 e. The Morgan fingerprint density at radius 1 is 0.522 bits per heavy atom. The molecule has 9 aliphatic carbocycles. The van der Waals surface area contributed by atoms with Crippen LogP contribution in [0.5, 0.6) is 0 Å². The second-order valence-electron chi connectivity index (χ2n) is 22.3. The summed E-state index contributed by atoms with van der Waals surface area (Å²) in [5.74, 6) is 1.11. The van der Waals surface area contributed by atoms with E-state index in [1.165, 1.54) is 73.2 Å². The average molecular weight is 891 g/mol. The summed E-state index contributed by atoms with van der Waals surface area (Å²) in [5, 5.41) is 0. The highest BCUT2D eigenvalue weighted by Gasteiger charge is 2.54. The Bertz CT molecular complexity index is 3420. The van der Waals surface area contributed by atoms with Crippen LogP contribution < -0.4 is 0 Å². The molecule has 4 atom stereocenters.